The fourth-order valence-electron chi connectivity index (χ4n) is 1.30. The van der Waals surface area contributed by atoms with Gasteiger partial charge in [0.25, 0.3) is 0 Å². The molecule has 0 spiro atoms. The van der Waals surface area contributed by atoms with Crippen LogP contribution in [0.1, 0.15) is 18.9 Å². The van der Waals surface area contributed by atoms with Gasteiger partial charge >= 0.3 is 11.9 Å². The molecule has 0 atom stereocenters. The van der Waals surface area contributed by atoms with Crippen molar-refractivity contribution in [2.45, 2.75) is 25.9 Å². The standard InChI is InChI=1S/C13H16F2O3/c1-2-18-12(16)13(14,15)8-9-17-10-11-6-4-3-5-7-11/h3-7H,2,8-10H2,1H3. The van der Waals surface area contributed by atoms with E-state index in [0.717, 1.165) is 5.56 Å². The second-order valence-electron chi connectivity index (χ2n) is 3.71. The average molecular weight is 258 g/mol. The molecule has 3 nitrogen and oxygen atoms in total. The number of carbonyl (C=O) groups excluding carboxylic acids is 1. The number of hydrogen-bond acceptors (Lipinski definition) is 3. The molecule has 0 fully saturated rings. The Bertz CT molecular complexity index is 366. The Morgan fingerprint density at radius 2 is 1.94 bits per heavy atom. The molecule has 100 valence electrons. The first-order valence-electron chi connectivity index (χ1n) is 5.73. The van der Waals surface area contributed by atoms with Crippen molar-refractivity contribution in [3.05, 3.63) is 35.9 Å². The Kier molecular flexibility index (Phi) is 5.71. The predicted octanol–water partition coefficient (Wildman–Crippen LogP) is 2.79. The molecule has 0 aliphatic heterocycles. The summed E-state index contributed by atoms with van der Waals surface area (Å²) in [4.78, 5) is 10.9. The number of rotatable bonds is 7. The van der Waals surface area contributed by atoms with Gasteiger partial charge in [-0.15, -0.1) is 0 Å². The summed E-state index contributed by atoms with van der Waals surface area (Å²) in [6.07, 6.45) is -0.668. The highest BCUT2D eigenvalue weighted by molar-refractivity contribution is 5.77. The van der Waals surface area contributed by atoms with Crippen LogP contribution in [0.15, 0.2) is 30.3 Å². The number of ether oxygens (including phenoxy) is 2. The fraction of sp³-hybridized carbons (Fsp3) is 0.462. The first kappa shape index (κ1) is 14.6. The first-order valence-corrected chi connectivity index (χ1v) is 5.73. The summed E-state index contributed by atoms with van der Waals surface area (Å²) in [5, 5.41) is 0. The van der Waals surface area contributed by atoms with Gasteiger partial charge in [-0.3, -0.25) is 0 Å². The molecule has 0 aliphatic carbocycles. The molecule has 0 N–H and O–H groups in total. The molecular formula is C13H16F2O3. The van der Waals surface area contributed by atoms with Gasteiger partial charge in [0.2, 0.25) is 0 Å². The second kappa shape index (κ2) is 7.06. The predicted molar refractivity (Wildman–Crippen MR) is 62.3 cm³/mol. The molecular weight excluding hydrogens is 242 g/mol. The van der Waals surface area contributed by atoms with Crippen LogP contribution in [0, 0.1) is 0 Å². The van der Waals surface area contributed by atoms with E-state index < -0.39 is 18.3 Å². The number of benzene rings is 1. The average Bonchev–Trinajstić information content (AvgIpc) is 2.36. The van der Waals surface area contributed by atoms with Gasteiger partial charge < -0.3 is 9.47 Å². The molecule has 0 radical (unpaired) electrons. The van der Waals surface area contributed by atoms with Crippen molar-refractivity contribution in [3.63, 3.8) is 0 Å². The minimum atomic E-state index is -3.48. The second-order valence-corrected chi connectivity index (χ2v) is 3.71. The van der Waals surface area contributed by atoms with Gasteiger partial charge in [-0.2, -0.15) is 8.78 Å². The topological polar surface area (TPSA) is 35.5 Å². The zero-order valence-corrected chi connectivity index (χ0v) is 10.2. The summed E-state index contributed by atoms with van der Waals surface area (Å²) in [5.74, 6) is -4.97. The summed E-state index contributed by atoms with van der Waals surface area (Å²) in [7, 11) is 0. The normalized spacial score (nSPS) is 11.3. The number of hydrogen-bond donors (Lipinski definition) is 0. The Labute approximate surface area is 105 Å². The highest BCUT2D eigenvalue weighted by Crippen LogP contribution is 2.20. The van der Waals surface area contributed by atoms with Crippen LogP contribution in [0.5, 0.6) is 0 Å². The SMILES string of the molecule is CCOC(=O)C(F)(F)CCOCc1ccccc1. The summed E-state index contributed by atoms with van der Waals surface area (Å²) in [6.45, 7) is 1.49. The third kappa shape index (κ3) is 4.79. The highest BCUT2D eigenvalue weighted by atomic mass is 19.3. The highest BCUT2D eigenvalue weighted by Gasteiger charge is 2.39. The zero-order valence-electron chi connectivity index (χ0n) is 10.2. The Morgan fingerprint density at radius 1 is 1.28 bits per heavy atom. The van der Waals surface area contributed by atoms with Gasteiger partial charge in [0, 0.05) is 6.42 Å². The maximum atomic E-state index is 13.2. The monoisotopic (exact) mass is 258 g/mol. The minimum Gasteiger partial charge on any atom is -0.462 e. The number of esters is 1. The molecule has 0 bridgehead atoms. The molecule has 0 amide bonds. The number of carbonyl (C=O) groups is 1. The number of halogens is 2. The number of alkyl halides is 2. The molecule has 1 aromatic rings. The van der Waals surface area contributed by atoms with Crippen LogP contribution < -0.4 is 0 Å². The summed E-state index contributed by atoms with van der Waals surface area (Å²) < 4.78 is 35.7. The van der Waals surface area contributed by atoms with E-state index in [4.69, 9.17) is 4.74 Å². The molecule has 0 aliphatic rings. The molecule has 0 heterocycles. The first-order chi connectivity index (χ1) is 8.56. The Balaban J connectivity index is 2.27. The molecule has 0 saturated heterocycles. The van der Waals surface area contributed by atoms with Gasteiger partial charge in [0.15, 0.2) is 0 Å². The lowest BCUT2D eigenvalue weighted by atomic mass is 10.2. The largest absolute Gasteiger partial charge is 0.462 e. The summed E-state index contributed by atoms with van der Waals surface area (Å²) in [5.41, 5.74) is 0.900. The quantitative estimate of drug-likeness (QED) is 0.557. The van der Waals surface area contributed by atoms with Gasteiger partial charge in [-0.25, -0.2) is 4.79 Å². The molecule has 18 heavy (non-hydrogen) atoms. The van der Waals surface area contributed by atoms with Crippen molar-refractivity contribution in [2.24, 2.45) is 0 Å². The lowest BCUT2D eigenvalue weighted by Gasteiger charge is -2.14. The lowest BCUT2D eigenvalue weighted by Crippen LogP contribution is -2.32. The van der Waals surface area contributed by atoms with E-state index in [0.29, 0.717) is 0 Å². The van der Waals surface area contributed by atoms with Gasteiger partial charge in [0.1, 0.15) is 0 Å². The third-order valence-corrected chi connectivity index (χ3v) is 2.25. The van der Waals surface area contributed by atoms with E-state index in [1.54, 1.807) is 0 Å². The Hall–Kier alpha value is -1.49. The molecule has 1 aromatic carbocycles. The van der Waals surface area contributed by atoms with E-state index in [-0.39, 0.29) is 19.8 Å². The van der Waals surface area contributed by atoms with Crippen LogP contribution in [-0.4, -0.2) is 25.1 Å². The molecule has 5 heteroatoms. The molecule has 0 aromatic heterocycles. The van der Waals surface area contributed by atoms with Crippen molar-refractivity contribution in [1.82, 2.24) is 0 Å². The van der Waals surface area contributed by atoms with E-state index in [1.165, 1.54) is 6.92 Å². The fourth-order valence-corrected chi connectivity index (χ4v) is 1.30. The molecule has 1 rings (SSSR count). The lowest BCUT2D eigenvalue weighted by molar-refractivity contribution is -0.174. The summed E-state index contributed by atoms with van der Waals surface area (Å²) in [6, 6.07) is 9.21. The minimum absolute atomic E-state index is 0.0563. The smallest absolute Gasteiger partial charge is 0.377 e. The van der Waals surface area contributed by atoms with E-state index in [9.17, 15) is 13.6 Å². The van der Waals surface area contributed by atoms with Crippen molar-refractivity contribution < 1.29 is 23.0 Å². The van der Waals surface area contributed by atoms with Crippen molar-refractivity contribution in [1.29, 1.82) is 0 Å². The molecule has 0 unspecified atom stereocenters. The molecule has 0 saturated carbocycles. The van der Waals surface area contributed by atoms with Gasteiger partial charge in [-0.1, -0.05) is 30.3 Å². The van der Waals surface area contributed by atoms with Crippen molar-refractivity contribution in [3.8, 4) is 0 Å². The van der Waals surface area contributed by atoms with Crippen molar-refractivity contribution in [2.75, 3.05) is 13.2 Å². The van der Waals surface area contributed by atoms with Gasteiger partial charge in [0.05, 0.1) is 19.8 Å². The third-order valence-electron chi connectivity index (χ3n) is 2.25. The van der Waals surface area contributed by atoms with Crippen molar-refractivity contribution >= 4 is 5.97 Å². The van der Waals surface area contributed by atoms with Crippen LogP contribution >= 0.6 is 0 Å². The Morgan fingerprint density at radius 3 is 2.56 bits per heavy atom. The van der Waals surface area contributed by atoms with E-state index in [1.807, 2.05) is 30.3 Å². The summed E-state index contributed by atoms with van der Waals surface area (Å²) >= 11 is 0. The maximum Gasteiger partial charge on any atom is 0.377 e. The maximum absolute atomic E-state index is 13.2. The van der Waals surface area contributed by atoms with E-state index in [2.05, 4.69) is 4.74 Å². The van der Waals surface area contributed by atoms with Crippen LogP contribution in [-0.2, 0) is 20.9 Å². The van der Waals surface area contributed by atoms with Crippen LogP contribution in [0.2, 0.25) is 0 Å². The van der Waals surface area contributed by atoms with E-state index >= 15 is 0 Å². The van der Waals surface area contributed by atoms with Crippen LogP contribution in [0.25, 0.3) is 0 Å². The van der Waals surface area contributed by atoms with Gasteiger partial charge in [-0.05, 0) is 12.5 Å². The van der Waals surface area contributed by atoms with Crippen LogP contribution in [0.3, 0.4) is 0 Å². The zero-order chi connectivity index (χ0) is 13.4. The van der Waals surface area contributed by atoms with Crippen LogP contribution in [0.4, 0.5) is 8.78 Å².